The number of nitrogens with one attached hydrogen (secondary N) is 2. The summed E-state index contributed by atoms with van der Waals surface area (Å²) in [4.78, 5) is 27.0. The van der Waals surface area contributed by atoms with Gasteiger partial charge in [-0.05, 0) is 66.0 Å². The van der Waals surface area contributed by atoms with E-state index in [1.165, 1.54) is 17.6 Å². The van der Waals surface area contributed by atoms with Crippen LogP contribution in [0.3, 0.4) is 0 Å². The summed E-state index contributed by atoms with van der Waals surface area (Å²) in [5, 5.41) is 7.54. The van der Waals surface area contributed by atoms with Gasteiger partial charge in [0.25, 0.3) is 5.91 Å². The van der Waals surface area contributed by atoms with E-state index >= 15 is 0 Å². The molecule has 0 unspecified atom stereocenters. The molecule has 1 aromatic heterocycles. The van der Waals surface area contributed by atoms with Gasteiger partial charge in [-0.25, -0.2) is 4.79 Å². The molecule has 2 aromatic carbocycles. The van der Waals surface area contributed by atoms with Crippen LogP contribution in [0.5, 0.6) is 11.5 Å². The zero-order chi connectivity index (χ0) is 24.7. The molecule has 1 aliphatic carbocycles. The smallest absolute Gasteiger partial charge is 0.343 e. The van der Waals surface area contributed by atoms with Crippen molar-refractivity contribution in [3.05, 3.63) is 75.7 Å². The van der Waals surface area contributed by atoms with E-state index in [9.17, 15) is 9.59 Å². The Bertz CT molecular complexity index is 1280. The predicted molar refractivity (Wildman–Crippen MR) is 138 cm³/mol. The van der Waals surface area contributed by atoms with Crippen LogP contribution in [0.25, 0.3) is 0 Å². The van der Waals surface area contributed by atoms with E-state index < -0.39 is 12.1 Å². The largest absolute Gasteiger partial charge is 0.493 e. The highest BCUT2D eigenvalue weighted by atomic mass is 32.1. The van der Waals surface area contributed by atoms with Gasteiger partial charge in [0.05, 0.1) is 18.2 Å². The van der Waals surface area contributed by atoms with Crippen LogP contribution in [0.4, 0.5) is 5.00 Å². The number of methoxy groups -OCH3 is 1. The molecule has 0 saturated carbocycles. The van der Waals surface area contributed by atoms with Crippen molar-refractivity contribution in [3.63, 3.8) is 0 Å². The first-order chi connectivity index (χ1) is 16.7. The highest BCUT2D eigenvalue weighted by molar-refractivity contribution is 7.16. The van der Waals surface area contributed by atoms with Crippen LogP contribution >= 0.6 is 11.3 Å². The number of fused-ring (bicyclic) bond motifs is 3. The molecule has 0 spiro atoms. The standard InChI is InChI=1S/C28H30N2O4S/c1-28(2,3)18-11-12-19-22(15-18)35-26-23(19)25(31)29-24(30-26)17-10-13-20(21(14-17)33-4)34-27(32)16-8-6-5-7-9-16/h5-10,13-14,18,24,30H,11-12,15H2,1-4H3,(H,29,31)/t18-,24+/m1/s1. The lowest BCUT2D eigenvalue weighted by Crippen LogP contribution is -2.38. The molecular weight excluding hydrogens is 460 g/mol. The number of thiophene rings is 1. The van der Waals surface area contributed by atoms with Gasteiger partial charge >= 0.3 is 5.97 Å². The average Bonchev–Trinajstić information content (AvgIpc) is 3.22. The second-order valence-corrected chi connectivity index (χ2v) is 11.3. The van der Waals surface area contributed by atoms with Crippen LogP contribution in [-0.4, -0.2) is 19.0 Å². The van der Waals surface area contributed by atoms with Crippen molar-refractivity contribution >= 4 is 28.2 Å². The highest BCUT2D eigenvalue weighted by Crippen LogP contribution is 2.46. The first-order valence-electron chi connectivity index (χ1n) is 11.9. The van der Waals surface area contributed by atoms with Gasteiger partial charge in [0.2, 0.25) is 0 Å². The normalized spacial score (nSPS) is 19.1. The van der Waals surface area contributed by atoms with E-state index in [2.05, 4.69) is 31.4 Å². The number of ether oxygens (including phenoxy) is 2. The minimum Gasteiger partial charge on any atom is -0.493 e. The first kappa shape index (κ1) is 23.4. The fourth-order valence-electron chi connectivity index (χ4n) is 4.89. The number of rotatable bonds is 4. The van der Waals surface area contributed by atoms with Gasteiger partial charge < -0.3 is 20.1 Å². The van der Waals surface area contributed by atoms with Crippen molar-refractivity contribution < 1.29 is 19.1 Å². The molecule has 2 aliphatic rings. The van der Waals surface area contributed by atoms with Crippen LogP contribution in [0, 0.1) is 11.3 Å². The second-order valence-electron chi connectivity index (χ2n) is 10.2. The number of benzene rings is 2. The maximum atomic E-state index is 13.2. The van der Waals surface area contributed by atoms with Crippen molar-refractivity contribution in [2.24, 2.45) is 11.3 Å². The summed E-state index contributed by atoms with van der Waals surface area (Å²) in [5.74, 6) is 0.862. The summed E-state index contributed by atoms with van der Waals surface area (Å²) in [6.45, 7) is 6.89. The Morgan fingerprint density at radius 1 is 1.06 bits per heavy atom. The fourth-order valence-corrected chi connectivity index (χ4v) is 6.24. The van der Waals surface area contributed by atoms with E-state index in [0.29, 0.717) is 23.0 Å². The third kappa shape index (κ3) is 4.52. The molecule has 2 atom stereocenters. The van der Waals surface area contributed by atoms with Crippen LogP contribution in [0.1, 0.15) is 70.1 Å². The maximum absolute atomic E-state index is 13.2. The fraction of sp³-hybridized carbons (Fsp3) is 0.357. The van der Waals surface area contributed by atoms with Crippen LogP contribution in [0.2, 0.25) is 0 Å². The molecule has 182 valence electrons. The van der Waals surface area contributed by atoms with Crippen LogP contribution in [0.15, 0.2) is 48.5 Å². The Morgan fingerprint density at radius 2 is 1.83 bits per heavy atom. The number of carbonyl (C=O) groups is 2. The first-order valence-corrected chi connectivity index (χ1v) is 12.7. The Labute approximate surface area is 209 Å². The molecule has 0 radical (unpaired) electrons. The lowest BCUT2D eigenvalue weighted by Gasteiger charge is -2.34. The van der Waals surface area contributed by atoms with Crippen LogP contribution < -0.4 is 20.1 Å². The number of hydrogen-bond donors (Lipinski definition) is 2. The van der Waals surface area contributed by atoms with Crippen molar-refractivity contribution in [1.82, 2.24) is 5.32 Å². The van der Waals surface area contributed by atoms with Gasteiger partial charge in [-0.15, -0.1) is 11.3 Å². The lowest BCUT2D eigenvalue weighted by atomic mass is 9.72. The van der Waals surface area contributed by atoms with Gasteiger partial charge in [0, 0.05) is 4.88 Å². The van der Waals surface area contributed by atoms with E-state index in [0.717, 1.165) is 35.4 Å². The molecule has 3 aromatic rings. The minimum atomic E-state index is -0.455. The van der Waals surface area contributed by atoms with E-state index in [4.69, 9.17) is 9.47 Å². The van der Waals surface area contributed by atoms with Crippen molar-refractivity contribution in [1.29, 1.82) is 0 Å². The molecule has 1 amide bonds. The Morgan fingerprint density at radius 3 is 2.54 bits per heavy atom. The van der Waals surface area contributed by atoms with Crippen LogP contribution in [-0.2, 0) is 12.8 Å². The molecule has 5 rings (SSSR count). The number of amides is 1. The van der Waals surface area contributed by atoms with Gasteiger partial charge in [-0.1, -0.05) is 45.0 Å². The number of hydrogen-bond acceptors (Lipinski definition) is 6. The molecule has 6 nitrogen and oxygen atoms in total. The summed E-state index contributed by atoms with van der Waals surface area (Å²) in [7, 11) is 1.53. The van der Waals surface area contributed by atoms with Crippen molar-refractivity contribution in [3.8, 4) is 11.5 Å². The Kier molecular flexibility index (Phi) is 6.05. The van der Waals surface area contributed by atoms with Gasteiger partial charge in [0.15, 0.2) is 11.5 Å². The summed E-state index contributed by atoms with van der Waals surface area (Å²) in [5.41, 5.74) is 3.54. The zero-order valence-electron chi connectivity index (χ0n) is 20.4. The number of esters is 1. The van der Waals surface area contributed by atoms with Gasteiger partial charge in [0.1, 0.15) is 11.2 Å². The van der Waals surface area contributed by atoms with Crippen molar-refractivity contribution in [2.45, 2.75) is 46.2 Å². The van der Waals surface area contributed by atoms with Gasteiger partial charge in [-0.2, -0.15) is 0 Å². The monoisotopic (exact) mass is 490 g/mol. The molecule has 35 heavy (non-hydrogen) atoms. The van der Waals surface area contributed by atoms with E-state index in [1.54, 1.807) is 47.7 Å². The van der Waals surface area contributed by atoms with Gasteiger partial charge in [-0.3, -0.25) is 4.79 Å². The Hall–Kier alpha value is -3.32. The summed E-state index contributed by atoms with van der Waals surface area (Å²) in [6.07, 6.45) is 2.67. The molecule has 0 bridgehead atoms. The average molecular weight is 491 g/mol. The highest BCUT2D eigenvalue weighted by Gasteiger charge is 2.36. The topological polar surface area (TPSA) is 76.7 Å². The Balaban J connectivity index is 1.37. The maximum Gasteiger partial charge on any atom is 0.343 e. The summed E-state index contributed by atoms with van der Waals surface area (Å²) >= 11 is 1.71. The third-order valence-corrected chi connectivity index (χ3v) is 8.19. The predicted octanol–water partition coefficient (Wildman–Crippen LogP) is 5.98. The molecular formula is C28H30N2O4S. The molecule has 7 heteroatoms. The molecule has 0 fully saturated rings. The second kappa shape index (κ2) is 9.04. The summed E-state index contributed by atoms with van der Waals surface area (Å²) < 4.78 is 11.1. The lowest BCUT2D eigenvalue weighted by molar-refractivity contribution is 0.0729. The van der Waals surface area contributed by atoms with Crippen molar-refractivity contribution in [2.75, 3.05) is 12.4 Å². The quantitative estimate of drug-likeness (QED) is 0.347. The van der Waals surface area contributed by atoms with E-state index in [-0.39, 0.29) is 11.3 Å². The van der Waals surface area contributed by atoms with E-state index in [1.807, 2.05) is 12.1 Å². The number of carbonyl (C=O) groups excluding carboxylic acids is 2. The zero-order valence-corrected chi connectivity index (χ0v) is 21.3. The summed E-state index contributed by atoms with van der Waals surface area (Å²) in [6, 6.07) is 14.1. The molecule has 1 aliphatic heterocycles. The minimum absolute atomic E-state index is 0.0472. The third-order valence-electron chi connectivity index (χ3n) is 7.00. The number of anilines is 1. The molecule has 2 N–H and O–H groups in total. The SMILES string of the molecule is COc1cc([C@H]2NC(=O)c3c(sc4c3CC[C@@H](C(C)(C)C)C4)N2)ccc1OC(=O)c1ccccc1. The molecule has 2 heterocycles. The molecule has 0 saturated heterocycles.